The van der Waals surface area contributed by atoms with Crippen molar-refractivity contribution in [3.05, 3.63) is 199 Å². The predicted octanol–water partition coefficient (Wildman–Crippen LogP) is 13.1. The van der Waals surface area contributed by atoms with E-state index in [-0.39, 0.29) is 0 Å². The van der Waals surface area contributed by atoms with Gasteiger partial charge in [-0.3, -0.25) is 0 Å². The topological polar surface area (TPSA) is 8.17 Å². The van der Waals surface area contributed by atoms with Gasteiger partial charge in [0.1, 0.15) is 0 Å². The van der Waals surface area contributed by atoms with Gasteiger partial charge in [-0.05, 0) is 101 Å². The molecule has 8 aromatic rings. The number of rotatable bonds is 7. The highest BCUT2D eigenvalue weighted by Gasteiger charge is 2.19. The van der Waals surface area contributed by atoms with Gasteiger partial charge in [0.25, 0.3) is 0 Å². The molecule has 0 radical (unpaired) electrons. The summed E-state index contributed by atoms with van der Waals surface area (Å²) in [5.74, 6) is 0. The lowest BCUT2D eigenvalue weighted by molar-refractivity contribution is 0.889. The molecule has 7 aromatic carbocycles. The average Bonchev–Trinajstić information content (AvgIpc) is 3.54. The van der Waals surface area contributed by atoms with E-state index in [0.29, 0.717) is 0 Å². The van der Waals surface area contributed by atoms with Gasteiger partial charge in [0.2, 0.25) is 0 Å². The summed E-state index contributed by atoms with van der Waals surface area (Å²) in [7, 11) is 0. The number of hydrogen-bond donors (Lipinski definition) is 0. The van der Waals surface area contributed by atoms with Gasteiger partial charge in [-0.1, -0.05) is 140 Å². The summed E-state index contributed by atoms with van der Waals surface area (Å²) in [5.41, 5.74) is 15.8. The first-order valence-corrected chi connectivity index (χ1v) is 17.4. The van der Waals surface area contributed by atoms with E-state index in [2.05, 4.69) is 204 Å². The molecule has 238 valence electrons. The van der Waals surface area contributed by atoms with Gasteiger partial charge in [-0.2, -0.15) is 0 Å². The van der Waals surface area contributed by atoms with Crippen molar-refractivity contribution in [1.29, 1.82) is 0 Å². The van der Waals surface area contributed by atoms with Crippen LogP contribution in [0.15, 0.2) is 188 Å². The maximum atomic E-state index is 2.46. The zero-order valence-corrected chi connectivity index (χ0v) is 27.8. The number of anilines is 3. The molecule has 0 saturated carbocycles. The molecular formula is C48H36N2. The zero-order valence-electron chi connectivity index (χ0n) is 27.8. The summed E-state index contributed by atoms with van der Waals surface area (Å²) in [5, 5.41) is 1.32. The summed E-state index contributed by atoms with van der Waals surface area (Å²) < 4.78 is 2.46. The first-order valence-electron chi connectivity index (χ1n) is 17.4. The highest BCUT2D eigenvalue weighted by molar-refractivity contribution is 5.93. The molecule has 2 heteroatoms. The van der Waals surface area contributed by atoms with Crippen LogP contribution in [0.4, 0.5) is 17.1 Å². The minimum Gasteiger partial charge on any atom is -0.313 e. The van der Waals surface area contributed by atoms with Crippen molar-refractivity contribution in [3.8, 4) is 39.1 Å². The molecule has 1 aliphatic carbocycles. The molecule has 0 fully saturated rings. The van der Waals surface area contributed by atoms with Gasteiger partial charge in [0.15, 0.2) is 0 Å². The minimum absolute atomic E-state index is 1.05. The SMILES string of the molecule is C1=Cc2c(n(-c3cccc(-c4ccc(N(c5ccc(-c6ccccc6)cc5)c5ccc(-c6ccccc6)cc5)cc4)c3)c3ccccc23)CC1. The van der Waals surface area contributed by atoms with E-state index in [9.17, 15) is 0 Å². The van der Waals surface area contributed by atoms with Crippen LogP contribution in [0.2, 0.25) is 0 Å². The summed E-state index contributed by atoms with van der Waals surface area (Å²) in [6.45, 7) is 0. The molecule has 1 heterocycles. The smallest absolute Gasteiger partial charge is 0.0537 e. The van der Waals surface area contributed by atoms with Crippen molar-refractivity contribution < 1.29 is 0 Å². The third kappa shape index (κ3) is 5.51. The fourth-order valence-corrected chi connectivity index (χ4v) is 7.41. The second kappa shape index (κ2) is 12.9. The fraction of sp³-hybridized carbons (Fsp3) is 0.0417. The lowest BCUT2D eigenvalue weighted by Crippen LogP contribution is -2.09. The normalized spacial score (nSPS) is 12.2. The number of hydrogen-bond acceptors (Lipinski definition) is 1. The van der Waals surface area contributed by atoms with E-state index in [0.717, 1.165) is 29.9 Å². The van der Waals surface area contributed by atoms with Gasteiger partial charge in [-0.15, -0.1) is 0 Å². The van der Waals surface area contributed by atoms with Crippen molar-refractivity contribution in [2.24, 2.45) is 0 Å². The Bertz CT molecular complexity index is 2350. The van der Waals surface area contributed by atoms with E-state index in [1.165, 1.54) is 61.2 Å². The molecule has 1 aromatic heterocycles. The third-order valence-corrected chi connectivity index (χ3v) is 9.88. The summed E-state index contributed by atoms with van der Waals surface area (Å²) in [6.07, 6.45) is 6.73. The van der Waals surface area contributed by atoms with Crippen LogP contribution in [0.5, 0.6) is 0 Å². The Morgan fingerprint density at radius 1 is 0.420 bits per heavy atom. The Balaban J connectivity index is 1.08. The maximum absolute atomic E-state index is 2.46. The number of fused-ring (bicyclic) bond motifs is 3. The zero-order chi connectivity index (χ0) is 33.3. The first kappa shape index (κ1) is 29.7. The van der Waals surface area contributed by atoms with E-state index in [4.69, 9.17) is 0 Å². The van der Waals surface area contributed by atoms with Crippen molar-refractivity contribution in [1.82, 2.24) is 4.57 Å². The molecule has 0 N–H and O–H groups in total. The Morgan fingerprint density at radius 2 is 0.900 bits per heavy atom. The van der Waals surface area contributed by atoms with Crippen molar-refractivity contribution in [3.63, 3.8) is 0 Å². The first-order chi connectivity index (χ1) is 24.8. The highest BCUT2D eigenvalue weighted by atomic mass is 15.1. The Kier molecular flexibility index (Phi) is 7.68. The molecule has 0 atom stereocenters. The third-order valence-electron chi connectivity index (χ3n) is 9.88. The maximum Gasteiger partial charge on any atom is 0.0537 e. The molecule has 0 saturated heterocycles. The molecule has 0 spiro atoms. The monoisotopic (exact) mass is 640 g/mol. The second-order valence-corrected chi connectivity index (χ2v) is 12.9. The second-order valence-electron chi connectivity index (χ2n) is 12.9. The summed E-state index contributed by atoms with van der Waals surface area (Å²) in [4.78, 5) is 2.34. The molecule has 0 unspecified atom stereocenters. The molecule has 0 aliphatic heterocycles. The quantitative estimate of drug-likeness (QED) is 0.168. The molecule has 50 heavy (non-hydrogen) atoms. The molecule has 2 nitrogen and oxygen atoms in total. The van der Waals surface area contributed by atoms with Crippen LogP contribution in [0.3, 0.4) is 0 Å². The van der Waals surface area contributed by atoms with Crippen LogP contribution >= 0.6 is 0 Å². The van der Waals surface area contributed by atoms with Crippen LogP contribution in [0.25, 0.3) is 56.0 Å². The molecule has 0 amide bonds. The minimum atomic E-state index is 1.05. The number of para-hydroxylation sites is 1. The van der Waals surface area contributed by atoms with Crippen molar-refractivity contribution >= 4 is 34.0 Å². The van der Waals surface area contributed by atoms with Gasteiger partial charge in [0, 0.05) is 39.4 Å². The highest BCUT2D eigenvalue weighted by Crippen LogP contribution is 2.39. The largest absolute Gasteiger partial charge is 0.313 e. The summed E-state index contributed by atoms with van der Waals surface area (Å²) >= 11 is 0. The van der Waals surface area contributed by atoms with Gasteiger partial charge in [-0.25, -0.2) is 0 Å². The summed E-state index contributed by atoms with van der Waals surface area (Å²) in [6, 6.07) is 65.7. The van der Waals surface area contributed by atoms with Crippen LogP contribution in [0, 0.1) is 0 Å². The van der Waals surface area contributed by atoms with Crippen LogP contribution < -0.4 is 4.90 Å². The lowest BCUT2D eigenvalue weighted by atomic mass is 10.0. The van der Waals surface area contributed by atoms with Crippen LogP contribution in [-0.2, 0) is 6.42 Å². The average molecular weight is 641 g/mol. The standard InChI is InChI=1S/C48H36N2/c1-3-12-35(13-4-1)37-22-28-41(29-23-37)49(42-30-24-38(25-31-42)36-14-5-2-6-15-36)43-32-26-39(27-33-43)40-16-11-17-44(34-40)50-47-20-9-7-18-45(47)46-19-8-10-21-48(46)50/h1-9,11-20,22-34H,10,21H2. The predicted molar refractivity (Wildman–Crippen MR) is 212 cm³/mol. The number of nitrogens with zero attached hydrogens (tertiary/aromatic N) is 2. The van der Waals surface area contributed by atoms with E-state index in [1.54, 1.807) is 0 Å². The van der Waals surface area contributed by atoms with Crippen LogP contribution in [0.1, 0.15) is 17.7 Å². The Morgan fingerprint density at radius 3 is 1.48 bits per heavy atom. The van der Waals surface area contributed by atoms with E-state index >= 15 is 0 Å². The number of allylic oxidation sites excluding steroid dienone is 1. The number of benzene rings is 7. The molecule has 1 aliphatic rings. The van der Waals surface area contributed by atoms with Crippen molar-refractivity contribution in [2.45, 2.75) is 12.8 Å². The Labute approximate surface area is 293 Å². The van der Waals surface area contributed by atoms with E-state index in [1.807, 2.05) is 0 Å². The molecule has 9 rings (SSSR count). The van der Waals surface area contributed by atoms with Crippen molar-refractivity contribution in [2.75, 3.05) is 4.90 Å². The molecular weight excluding hydrogens is 605 g/mol. The van der Waals surface area contributed by atoms with E-state index < -0.39 is 0 Å². The Hall–Kier alpha value is -6.38. The van der Waals surface area contributed by atoms with Gasteiger partial charge >= 0.3 is 0 Å². The van der Waals surface area contributed by atoms with Crippen LogP contribution in [-0.4, -0.2) is 4.57 Å². The number of aromatic nitrogens is 1. The van der Waals surface area contributed by atoms with Gasteiger partial charge < -0.3 is 9.47 Å². The molecule has 0 bridgehead atoms. The van der Waals surface area contributed by atoms with Gasteiger partial charge in [0.05, 0.1) is 5.52 Å². The lowest BCUT2D eigenvalue weighted by Gasteiger charge is -2.26. The fourth-order valence-electron chi connectivity index (χ4n) is 7.41.